The van der Waals surface area contributed by atoms with E-state index < -0.39 is 10.0 Å². The van der Waals surface area contributed by atoms with Gasteiger partial charge in [-0.05, 0) is 24.3 Å². The molecule has 0 aliphatic carbocycles. The van der Waals surface area contributed by atoms with Crippen LogP contribution >= 0.6 is 0 Å². The molecule has 0 heterocycles. The lowest BCUT2D eigenvalue weighted by molar-refractivity contribution is 0.112. The van der Waals surface area contributed by atoms with E-state index in [9.17, 15) is 13.2 Å². The van der Waals surface area contributed by atoms with Gasteiger partial charge in [-0.3, -0.25) is 9.52 Å². The zero-order chi connectivity index (χ0) is 9.90. The predicted molar refractivity (Wildman–Crippen MR) is 52.4 cm³/mol. The molecule has 0 radical (unpaired) electrons. The first-order valence-electron chi connectivity index (χ1n) is 3.54. The van der Waals surface area contributed by atoms with E-state index in [2.05, 4.69) is 4.72 Å². The molecule has 5 heteroatoms. The molecule has 0 aliphatic heterocycles. The Kier molecular flexibility index (Phi) is 2.67. The summed E-state index contributed by atoms with van der Waals surface area (Å²) >= 11 is 0. The van der Waals surface area contributed by atoms with Gasteiger partial charge in [0, 0.05) is 12.7 Å². The monoisotopic (exact) mass is 201 g/mol. The average molecular weight is 201 g/mol. The molecule has 0 saturated carbocycles. The van der Waals surface area contributed by atoms with E-state index in [0.717, 1.165) is 6.26 Å². The highest BCUT2D eigenvalue weighted by molar-refractivity contribution is 7.92. The van der Waals surface area contributed by atoms with Crippen LogP contribution in [0.3, 0.4) is 0 Å². The third-order valence-corrected chi connectivity index (χ3v) is 1.96. The number of carbonyl (C=O) groups excluding carboxylic acids is 1. The number of sulfonamides is 1. The van der Waals surface area contributed by atoms with E-state index in [1.807, 2.05) is 0 Å². The van der Waals surface area contributed by atoms with Gasteiger partial charge in [0.25, 0.3) is 0 Å². The van der Waals surface area contributed by atoms with Gasteiger partial charge in [-0.2, -0.15) is 0 Å². The summed E-state index contributed by atoms with van der Waals surface area (Å²) in [5.41, 5.74) is 0.965. The van der Waals surface area contributed by atoms with Gasteiger partial charge in [0.15, 0.2) is 0 Å². The number of nitrogens with one attached hydrogen (secondary N) is 1. The Morgan fingerprint density at radius 1 is 1.31 bits per heavy atom. The van der Waals surface area contributed by atoms with Gasteiger partial charge in [-0.25, -0.2) is 8.42 Å². The summed E-state index contributed by atoms with van der Waals surface area (Å²) in [5.74, 6) is 0. The molecule has 1 aromatic carbocycles. The SMILES string of the molecule is CS(=O)(=O)Nc1ccc(C=O)cc1.[HH]. The fourth-order valence-electron chi connectivity index (χ4n) is 0.844. The Balaban J connectivity index is 0.00000169. The van der Waals surface area contributed by atoms with E-state index >= 15 is 0 Å². The van der Waals surface area contributed by atoms with Crippen LogP contribution in [0.1, 0.15) is 11.8 Å². The van der Waals surface area contributed by atoms with E-state index in [4.69, 9.17) is 0 Å². The van der Waals surface area contributed by atoms with Crippen LogP contribution in [0.15, 0.2) is 24.3 Å². The van der Waals surface area contributed by atoms with E-state index in [1.165, 1.54) is 12.1 Å². The maximum atomic E-state index is 10.8. The van der Waals surface area contributed by atoms with Crippen LogP contribution in [0.4, 0.5) is 5.69 Å². The van der Waals surface area contributed by atoms with E-state index in [1.54, 1.807) is 12.1 Å². The minimum atomic E-state index is -3.24. The van der Waals surface area contributed by atoms with Gasteiger partial charge < -0.3 is 0 Å². The maximum Gasteiger partial charge on any atom is 0.229 e. The third-order valence-electron chi connectivity index (χ3n) is 1.35. The first-order chi connectivity index (χ1) is 6.01. The highest BCUT2D eigenvalue weighted by Gasteiger charge is 2.00. The molecule has 72 valence electrons. The van der Waals surface area contributed by atoms with Crippen molar-refractivity contribution in [2.45, 2.75) is 0 Å². The fourth-order valence-corrected chi connectivity index (χ4v) is 1.41. The molecule has 0 bridgehead atoms. The normalized spacial score (nSPS) is 10.8. The number of anilines is 1. The standard InChI is InChI=1S/C8H9NO3S.H2/c1-13(11,12)9-8-4-2-7(6-10)3-5-8;/h2-6,9H,1H3;1H. The summed E-state index contributed by atoms with van der Waals surface area (Å²) in [4.78, 5) is 10.3. The molecule has 13 heavy (non-hydrogen) atoms. The second-order valence-electron chi connectivity index (χ2n) is 2.61. The molecule has 4 nitrogen and oxygen atoms in total. The van der Waals surface area contributed by atoms with Gasteiger partial charge in [-0.15, -0.1) is 0 Å². The van der Waals surface area contributed by atoms with Crippen LogP contribution in [-0.4, -0.2) is 21.0 Å². The van der Waals surface area contributed by atoms with Crippen molar-refractivity contribution in [1.29, 1.82) is 0 Å². The first kappa shape index (κ1) is 9.73. The highest BCUT2D eigenvalue weighted by atomic mass is 32.2. The number of hydrogen-bond acceptors (Lipinski definition) is 3. The minimum Gasteiger partial charge on any atom is -0.298 e. The Morgan fingerprint density at radius 2 is 1.85 bits per heavy atom. The average Bonchev–Trinajstić information content (AvgIpc) is 2.03. The van der Waals surface area contributed by atoms with Gasteiger partial charge in [0.1, 0.15) is 6.29 Å². The number of carbonyl (C=O) groups is 1. The van der Waals surface area contributed by atoms with Crippen LogP contribution in [0.2, 0.25) is 0 Å². The molecule has 1 N–H and O–H groups in total. The number of rotatable bonds is 3. The van der Waals surface area contributed by atoms with Gasteiger partial charge in [0.05, 0.1) is 6.26 Å². The van der Waals surface area contributed by atoms with Crippen LogP contribution in [0.25, 0.3) is 0 Å². The number of aldehydes is 1. The summed E-state index contributed by atoms with van der Waals surface area (Å²) in [6.07, 6.45) is 1.77. The van der Waals surface area contributed by atoms with Gasteiger partial charge >= 0.3 is 0 Å². The lowest BCUT2D eigenvalue weighted by atomic mass is 10.2. The molecule has 0 amide bonds. The van der Waals surface area contributed by atoms with Crippen molar-refractivity contribution in [1.82, 2.24) is 0 Å². The molecule has 1 rings (SSSR count). The zero-order valence-electron chi connectivity index (χ0n) is 7.02. The van der Waals surface area contributed by atoms with Gasteiger partial charge in [-0.1, -0.05) is 0 Å². The van der Waals surface area contributed by atoms with Crippen molar-refractivity contribution in [2.24, 2.45) is 0 Å². The zero-order valence-corrected chi connectivity index (χ0v) is 7.84. The minimum absolute atomic E-state index is 0. The molecule has 0 atom stereocenters. The Hall–Kier alpha value is -1.36. The van der Waals surface area contributed by atoms with Crippen LogP contribution in [0, 0.1) is 0 Å². The third kappa shape index (κ3) is 3.25. The lowest BCUT2D eigenvalue weighted by Crippen LogP contribution is -2.09. The summed E-state index contributed by atoms with van der Waals surface area (Å²) in [5, 5.41) is 0. The fraction of sp³-hybridized carbons (Fsp3) is 0.125. The molecule has 0 spiro atoms. The largest absolute Gasteiger partial charge is 0.298 e. The van der Waals surface area contributed by atoms with Crippen molar-refractivity contribution in [2.75, 3.05) is 11.0 Å². The summed E-state index contributed by atoms with van der Waals surface area (Å²) in [7, 11) is -3.24. The lowest BCUT2D eigenvalue weighted by Gasteiger charge is -2.02. The Bertz CT molecular complexity index is 399. The van der Waals surface area contributed by atoms with Crippen molar-refractivity contribution in [3.8, 4) is 0 Å². The molecule has 0 aromatic heterocycles. The second-order valence-corrected chi connectivity index (χ2v) is 4.36. The smallest absolute Gasteiger partial charge is 0.229 e. The van der Waals surface area contributed by atoms with Crippen molar-refractivity contribution >= 4 is 22.0 Å². The molecule has 1 aromatic rings. The van der Waals surface area contributed by atoms with Gasteiger partial charge in [0.2, 0.25) is 10.0 Å². The summed E-state index contributed by atoms with van der Waals surface area (Å²) < 4.78 is 23.8. The van der Waals surface area contributed by atoms with Crippen molar-refractivity contribution in [3.63, 3.8) is 0 Å². The first-order valence-corrected chi connectivity index (χ1v) is 5.43. The number of benzene rings is 1. The van der Waals surface area contributed by atoms with Crippen molar-refractivity contribution < 1.29 is 14.6 Å². The molecule has 0 aliphatic rings. The molecular weight excluding hydrogens is 190 g/mol. The summed E-state index contributed by atoms with van der Waals surface area (Å²) in [6.45, 7) is 0. The van der Waals surface area contributed by atoms with Crippen LogP contribution in [-0.2, 0) is 10.0 Å². The molecular formula is C8H11NO3S. The number of hydrogen-bond donors (Lipinski definition) is 1. The topological polar surface area (TPSA) is 63.2 Å². The molecule has 0 fully saturated rings. The van der Waals surface area contributed by atoms with Crippen LogP contribution in [0.5, 0.6) is 0 Å². The predicted octanol–water partition coefficient (Wildman–Crippen LogP) is 1.12. The van der Waals surface area contributed by atoms with E-state index in [-0.39, 0.29) is 1.43 Å². The maximum absolute atomic E-state index is 10.8. The Labute approximate surface area is 78.1 Å². The summed E-state index contributed by atoms with van der Waals surface area (Å²) in [6, 6.07) is 6.15. The quantitative estimate of drug-likeness (QED) is 0.745. The van der Waals surface area contributed by atoms with Crippen LogP contribution < -0.4 is 4.72 Å². The molecule has 0 unspecified atom stereocenters. The highest BCUT2D eigenvalue weighted by Crippen LogP contribution is 2.09. The Morgan fingerprint density at radius 3 is 2.23 bits per heavy atom. The molecule has 0 saturated heterocycles. The van der Waals surface area contributed by atoms with E-state index in [0.29, 0.717) is 17.5 Å². The van der Waals surface area contributed by atoms with Crippen molar-refractivity contribution in [3.05, 3.63) is 29.8 Å². The second kappa shape index (κ2) is 3.57.